The number of hydrogen-bond acceptors (Lipinski definition) is 6. The maximum Gasteiger partial charge on any atom is 0.437 e. The molecular formula is C17H20F3N7O. The predicted molar refractivity (Wildman–Crippen MR) is 95.7 cm³/mol. The van der Waals surface area contributed by atoms with E-state index in [4.69, 9.17) is 0 Å². The Morgan fingerprint density at radius 2 is 2.00 bits per heavy atom. The van der Waals surface area contributed by atoms with Gasteiger partial charge in [0.1, 0.15) is 5.84 Å². The Bertz CT molecular complexity index is 878. The van der Waals surface area contributed by atoms with Crippen LogP contribution in [0.1, 0.15) is 25.0 Å². The highest BCUT2D eigenvalue weighted by atomic mass is 19.4. The minimum Gasteiger partial charge on any atom is -0.357 e. The number of amides is 1. The Balaban J connectivity index is 1.59. The van der Waals surface area contributed by atoms with E-state index >= 15 is 0 Å². The summed E-state index contributed by atoms with van der Waals surface area (Å²) in [6.07, 6.45) is 3.47. The number of alkyl halides is 3. The third-order valence-electron chi connectivity index (χ3n) is 4.82. The van der Waals surface area contributed by atoms with Crippen molar-refractivity contribution in [2.45, 2.75) is 25.4 Å². The van der Waals surface area contributed by atoms with Gasteiger partial charge in [0.05, 0.1) is 11.3 Å². The van der Waals surface area contributed by atoms with Crippen molar-refractivity contribution in [3.63, 3.8) is 0 Å². The van der Waals surface area contributed by atoms with Gasteiger partial charge in [0, 0.05) is 39.1 Å². The normalized spacial score (nSPS) is 19.8. The maximum absolute atomic E-state index is 13.1. The fourth-order valence-electron chi connectivity index (χ4n) is 3.46. The molecule has 1 amide bonds. The lowest BCUT2D eigenvalue weighted by Crippen LogP contribution is -2.37. The molecule has 4 rings (SSSR count). The fraction of sp³-hybridized carbons (Fsp3) is 0.471. The molecule has 0 spiro atoms. The minimum absolute atomic E-state index is 0.171. The van der Waals surface area contributed by atoms with Crippen LogP contribution in [0.25, 0.3) is 0 Å². The van der Waals surface area contributed by atoms with Gasteiger partial charge in [0.25, 0.3) is 5.91 Å². The number of aliphatic imine (C=N–C) groups is 1. The summed E-state index contributed by atoms with van der Waals surface area (Å²) in [5, 5.41) is 7.35. The van der Waals surface area contributed by atoms with E-state index in [1.807, 2.05) is 6.08 Å². The number of nitrogens with zero attached hydrogens (tertiary/aromatic N) is 5. The van der Waals surface area contributed by atoms with E-state index < -0.39 is 17.8 Å². The number of hydrazine groups is 1. The van der Waals surface area contributed by atoms with Gasteiger partial charge < -0.3 is 10.2 Å². The first-order valence-electron chi connectivity index (χ1n) is 9.03. The number of aromatic nitrogens is 2. The van der Waals surface area contributed by atoms with Gasteiger partial charge in [0.15, 0.2) is 11.5 Å². The van der Waals surface area contributed by atoms with Crippen LogP contribution in [0.15, 0.2) is 34.9 Å². The molecule has 0 radical (unpaired) electrons. The molecule has 150 valence electrons. The first-order valence-corrected chi connectivity index (χ1v) is 9.03. The average Bonchev–Trinajstić information content (AvgIpc) is 3.25. The molecular weight excluding hydrogens is 375 g/mol. The van der Waals surface area contributed by atoms with Crippen LogP contribution in [-0.4, -0.2) is 51.1 Å². The van der Waals surface area contributed by atoms with Crippen molar-refractivity contribution in [3.05, 3.63) is 35.6 Å². The third kappa shape index (κ3) is 3.49. The summed E-state index contributed by atoms with van der Waals surface area (Å²) in [5.41, 5.74) is 1.76. The Morgan fingerprint density at radius 1 is 1.25 bits per heavy atom. The second-order valence-electron chi connectivity index (χ2n) is 6.86. The van der Waals surface area contributed by atoms with Crippen LogP contribution in [-0.2, 0) is 18.0 Å². The zero-order chi connectivity index (χ0) is 19.9. The Morgan fingerprint density at radius 3 is 2.71 bits per heavy atom. The molecule has 28 heavy (non-hydrogen) atoms. The van der Waals surface area contributed by atoms with E-state index in [-0.39, 0.29) is 17.8 Å². The standard InChI is InChI=1S/C17H20F3N7O/c1-25-10-12(14(24-25)17(18,19)20)22-16(28)11-9-21-27-8-5-13(23-15(11)27)26-6-3-2-4-7-26/h5,8,10,21H,2-4,6-7,9H2,1H3,(H,22,28). The zero-order valence-corrected chi connectivity index (χ0v) is 15.3. The summed E-state index contributed by atoms with van der Waals surface area (Å²) in [6, 6.07) is 0. The van der Waals surface area contributed by atoms with Gasteiger partial charge >= 0.3 is 6.18 Å². The number of carbonyl (C=O) groups excluding carboxylic acids is 1. The number of likely N-dealkylation sites (tertiary alicyclic amines) is 1. The molecule has 1 fully saturated rings. The molecule has 8 nitrogen and oxygen atoms in total. The monoisotopic (exact) mass is 395 g/mol. The van der Waals surface area contributed by atoms with E-state index in [1.54, 1.807) is 11.2 Å². The molecule has 3 aliphatic rings. The lowest BCUT2D eigenvalue weighted by Gasteiger charge is -2.31. The fourth-order valence-corrected chi connectivity index (χ4v) is 3.46. The van der Waals surface area contributed by atoms with Crippen LogP contribution in [0.2, 0.25) is 0 Å². The summed E-state index contributed by atoms with van der Waals surface area (Å²) in [5.74, 6) is 0.524. The molecule has 3 aliphatic heterocycles. The smallest absolute Gasteiger partial charge is 0.357 e. The zero-order valence-electron chi connectivity index (χ0n) is 15.3. The summed E-state index contributed by atoms with van der Waals surface area (Å²) >= 11 is 0. The van der Waals surface area contributed by atoms with Crippen LogP contribution in [0.4, 0.5) is 18.9 Å². The van der Waals surface area contributed by atoms with Gasteiger partial charge in [-0.1, -0.05) is 0 Å². The number of nitrogens with one attached hydrogen (secondary N) is 2. The van der Waals surface area contributed by atoms with Crippen LogP contribution < -0.4 is 10.7 Å². The average molecular weight is 395 g/mol. The molecule has 0 atom stereocenters. The van der Waals surface area contributed by atoms with Gasteiger partial charge in [-0.3, -0.25) is 14.5 Å². The van der Waals surface area contributed by atoms with Crippen molar-refractivity contribution in [2.75, 3.05) is 25.0 Å². The van der Waals surface area contributed by atoms with Crippen LogP contribution >= 0.6 is 0 Å². The second-order valence-corrected chi connectivity index (χ2v) is 6.86. The predicted octanol–water partition coefficient (Wildman–Crippen LogP) is 1.82. The van der Waals surface area contributed by atoms with Crippen molar-refractivity contribution in [1.29, 1.82) is 0 Å². The van der Waals surface area contributed by atoms with E-state index in [0.29, 0.717) is 5.82 Å². The van der Waals surface area contributed by atoms with Crippen LogP contribution in [0.3, 0.4) is 0 Å². The number of carbonyl (C=O) groups is 1. The number of fused-ring (bicyclic) bond motifs is 1. The van der Waals surface area contributed by atoms with Gasteiger partial charge in [0.2, 0.25) is 0 Å². The summed E-state index contributed by atoms with van der Waals surface area (Å²) < 4.78 is 40.4. The highest BCUT2D eigenvalue weighted by molar-refractivity contribution is 6.06. The Labute approximate surface area is 159 Å². The molecule has 1 aromatic rings. The highest BCUT2D eigenvalue weighted by Gasteiger charge is 2.38. The summed E-state index contributed by atoms with van der Waals surface area (Å²) in [7, 11) is 1.37. The maximum atomic E-state index is 13.1. The highest BCUT2D eigenvalue weighted by Crippen LogP contribution is 2.34. The van der Waals surface area contributed by atoms with Crippen molar-refractivity contribution < 1.29 is 18.0 Å². The van der Waals surface area contributed by atoms with Crippen LogP contribution in [0.5, 0.6) is 0 Å². The molecule has 1 saturated heterocycles. The van der Waals surface area contributed by atoms with Gasteiger partial charge in [-0.25, -0.2) is 10.4 Å². The van der Waals surface area contributed by atoms with Crippen molar-refractivity contribution in [3.8, 4) is 0 Å². The molecule has 0 aromatic carbocycles. The Kier molecular flexibility index (Phi) is 4.61. The Hall–Kier alpha value is -2.82. The van der Waals surface area contributed by atoms with E-state index in [0.717, 1.165) is 42.6 Å². The lowest BCUT2D eigenvalue weighted by atomic mass is 10.1. The third-order valence-corrected chi connectivity index (χ3v) is 4.82. The lowest BCUT2D eigenvalue weighted by molar-refractivity contribution is -0.140. The summed E-state index contributed by atoms with van der Waals surface area (Å²) in [4.78, 5) is 19.4. The van der Waals surface area contributed by atoms with Crippen molar-refractivity contribution in [2.24, 2.45) is 12.0 Å². The molecule has 0 saturated carbocycles. The van der Waals surface area contributed by atoms with E-state index in [1.165, 1.54) is 13.5 Å². The molecule has 0 bridgehead atoms. The molecule has 0 aliphatic carbocycles. The molecule has 1 aromatic heterocycles. The number of anilines is 1. The van der Waals surface area contributed by atoms with Crippen molar-refractivity contribution >= 4 is 17.4 Å². The van der Waals surface area contributed by atoms with Crippen LogP contribution in [0, 0.1) is 0 Å². The first kappa shape index (κ1) is 18.5. The SMILES string of the molecule is Cn1cc(NC(=O)C2=C3N=C(N4CCCCC4)C=CN3NC2)c(C(F)(F)F)n1. The number of halogens is 3. The molecule has 0 unspecified atom stereocenters. The second kappa shape index (κ2) is 6.97. The summed E-state index contributed by atoms with van der Waals surface area (Å²) in [6.45, 7) is 1.97. The first-order chi connectivity index (χ1) is 13.3. The van der Waals surface area contributed by atoms with Gasteiger partial charge in [-0.15, -0.1) is 0 Å². The van der Waals surface area contributed by atoms with E-state index in [9.17, 15) is 18.0 Å². The number of aryl methyl sites for hydroxylation is 1. The largest absolute Gasteiger partial charge is 0.437 e. The number of rotatable bonds is 2. The molecule has 11 heteroatoms. The van der Waals surface area contributed by atoms with E-state index in [2.05, 4.69) is 25.7 Å². The van der Waals surface area contributed by atoms with Gasteiger partial charge in [-0.2, -0.15) is 18.3 Å². The minimum atomic E-state index is -4.66. The molecule has 4 heterocycles. The number of hydrogen-bond donors (Lipinski definition) is 2. The number of piperidine rings is 1. The number of amidine groups is 1. The quantitative estimate of drug-likeness (QED) is 0.799. The molecule has 2 N–H and O–H groups in total. The van der Waals surface area contributed by atoms with Gasteiger partial charge in [-0.05, 0) is 25.3 Å². The van der Waals surface area contributed by atoms with Crippen molar-refractivity contribution in [1.82, 2.24) is 25.1 Å². The topological polar surface area (TPSA) is 77.8 Å².